The van der Waals surface area contributed by atoms with Crippen LogP contribution in [0.3, 0.4) is 0 Å². The van der Waals surface area contributed by atoms with Crippen molar-refractivity contribution in [2.24, 2.45) is 0 Å². The van der Waals surface area contributed by atoms with E-state index < -0.39 is 17.8 Å². The van der Waals surface area contributed by atoms with Gasteiger partial charge in [0.15, 0.2) is 11.5 Å². The van der Waals surface area contributed by atoms with Crippen molar-refractivity contribution in [2.75, 3.05) is 32.6 Å². The first kappa shape index (κ1) is 22.3. The number of hydrogen-bond donors (Lipinski definition) is 2. The van der Waals surface area contributed by atoms with Gasteiger partial charge in [0.25, 0.3) is 0 Å². The van der Waals surface area contributed by atoms with Gasteiger partial charge in [0, 0.05) is 13.1 Å². The molecule has 10 heteroatoms. The number of nitrogens with zero attached hydrogens (tertiary/aromatic N) is 1. The van der Waals surface area contributed by atoms with Crippen LogP contribution in [0.2, 0.25) is 0 Å². The highest BCUT2D eigenvalue weighted by Crippen LogP contribution is 2.35. The molecule has 166 valence electrons. The standard InChI is InChI=1S/C21H22F3N3O4/c1-30-17-9-13-7-8-27(12-14(13)10-18(17)31-2)19(28)11-25-20(29)26-16-6-4-3-5-15(16)21(22,23)24/h3-6,9-10H,7-8,11-12H2,1-2H3,(H2,25,26,29). The molecule has 0 atom stereocenters. The Morgan fingerprint density at radius 3 is 2.35 bits per heavy atom. The summed E-state index contributed by atoms with van der Waals surface area (Å²) in [6, 6.07) is 7.41. The summed E-state index contributed by atoms with van der Waals surface area (Å²) in [6.45, 7) is 0.429. The van der Waals surface area contributed by atoms with Crippen LogP contribution in [0.5, 0.6) is 11.5 Å². The van der Waals surface area contributed by atoms with Crippen molar-refractivity contribution in [3.63, 3.8) is 0 Å². The summed E-state index contributed by atoms with van der Waals surface area (Å²) < 4.78 is 49.7. The van der Waals surface area contributed by atoms with Gasteiger partial charge in [-0.25, -0.2) is 4.79 Å². The smallest absolute Gasteiger partial charge is 0.418 e. The number of benzene rings is 2. The number of ether oxygens (including phenoxy) is 2. The molecule has 0 saturated heterocycles. The van der Waals surface area contributed by atoms with E-state index in [2.05, 4.69) is 10.6 Å². The average molecular weight is 437 g/mol. The number of halogens is 3. The van der Waals surface area contributed by atoms with Gasteiger partial charge < -0.3 is 25.0 Å². The number of fused-ring (bicyclic) bond motifs is 1. The maximum absolute atomic E-state index is 13.0. The summed E-state index contributed by atoms with van der Waals surface area (Å²) in [4.78, 5) is 26.1. The topological polar surface area (TPSA) is 79.9 Å². The number of carbonyl (C=O) groups excluding carboxylic acids is 2. The number of carbonyl (C=O) groups is 2. The van der Waals surface area contributed by atoms with Gasteiger partial charge >= 0.3 is 12.2 Å². The molecule has 1 heterocycles. The zero-order valence-electron chi connectivity index (χ0n) is 17.0. The van der Waals surface area contributed by atoms with Crippen molar-refractivity contribution in [2.45, 2.75) is 19.1 Å². The summed E-state index contributed by atoms with van der Waals surface area (Å²) in [6.07, 6.45) is -4.00. The third-order valence-electron chi connectivity index (χ3n) is 4.95. The highest BCUT2D eigenvalue weighted by Gasteiger charge is 2.33. The molecule has 0 saturated carbocycles. The van der Waals surface area contributed by atoms with Gasteiger partial charge in [0.2, 0.25) is 5.91 Å². The Hall–Kier alpha value is -3.43. The minimum absolute atomic E-state index is 0.328. The number of amides is 3. The van der Waals surface area contributed by atoms with E-state index >= 15 is 0 Å². The molecule has 3 amide bonds. The van der Waals surface area contributed by atoms with Gasteiger partial charge in [-0.05, 0) is 41.8 Å². The number of para-hydroxylation sites is 1. The first-order chi connectivity index (χ1) is 14.7. The summed E-state index contributed by atoms with van der Waals surface area (Å²) >= 11 is 0. The zero-order valence-corrected chi connectivity index (χ0v) is 17.0. The third-order valence-corrected chi connectivity index (χ3v) is 4.95. The lowest BCUT2D eigenvalue weighted by molar-refractivity contribution is -0.137. The lowest BCUT2D eigenvalue weighted by Crippen LogP contribution is -2.43. The molecule has 0 fully saturated rings. The van der Waals surface area contributed by atoms with Gasteiger partial charge in [-0.2, -0.15) is 13.2 Å². The minimum atomic E-state index is -4.61. The molecule has 0 spiro atoms. The van der Waals surface area contributed by atoms with Crippen LogP contribution in [0, 0.1) is 0 Å². The molecule has 0 aromatic heterocycles. The van der Waals surface area contributed by atoms with E-state index in [1.807, 2.05) is 12.1 Å². The average Bonchev–Trinajstić information content (AvgIpc) is 2.75. The second-order valence-electron chi connectivity index (χ2n) is 6.89. The fourth-order valence-corrected chi connectivity index (χ4v) is 3.37. The quantitative estimate of drug-likeness (QED) is 0.751. The Kier molecular flexibility index (Phi) is 6.57. The SMILES string of the molecule is COc1cc2c(cc1OC)CN(C(=O)CNC(=O)Nc1ccccc1C(F)(F)F)CC2. The Morgan fingerprint density at radius 2 is 1.71 bits per heavy atom. The van der Waals surface area contributed by atoms with E-state index in [9.17, 15) is 22.8 Å². The van der Waals surface area contributed by atoms with Crippen LogP contribution in [0.25, 0.3) is 0 Å². The Bertz CT molecular complexity index is 979. The van der Waals surface area contributed by atoms with E-state index in [0.717, 1.165) is 23.3 Å². The van der Waals surface area contributed by atoms with Gasteiger partial charge in [-0.3, -0.25) is 4.79 Å². The second kappa shape index (κ2) is 9.15. The number of nitrogens with one attached hydrogen (secondary N) is 2. The van der Waals surface area contributed by atoms with E-state index in [4.69, 9.17) is 9.47 Å². The first-order valence-electron chi connectivity index (χ1n) is 9.45. The van der Waals surface area contributed by atoms with E-state index in [1.54, 1.807) is 12.0 Å². The molecule has 0 bridgehead atoms. The van der Waals surface area contributed by atoms with E-state index in [-0.39, 0.29) is 18.1 Å². The lowest BCUT2D eigenvalue weighted by Gasteiger charge is -2.29. The summed E-state index contributed by atoms with van der Waals surface area (Å²) in [5, 5.41) is 4.47. The van der Waals surface area contributed by atoms with Crippen molar-refractivity contribution in [3.8, 4) is 11.5 Å². The first-order valence-corrected chi connectivity index (χ1v) is 9.45. The molecule has 2 aromatic carbocycles. The number of rotatable bonds is 5. The van der Waals surface area contributed by atoms with Crippen LogP contribution in [0.4, 0.5) is 23.7 Å². The van der Waals surface area contributed by atoms with Crippen LogP contribution in [0.1, 0.15) is 16.7 Å². The third kappa shape index (κ3) is 5.19. The lowest BCUT2D eigenvalue weighted by atomic mass is 9.98. The maximum atomic E-state index is 13.0. The van der Waals surface area contributed by atoms with E-state index in [0.29, 0.717) is 31.0 Å². The molecule has 2 N–H and O–H groups in total. The molecule has 7 nitrogen and oxygen atoms in total. The number of anilines is 1. The molecule has 0 radical (unpaired) electrons. The number of alkyl halides is 3. The molecule has 1 aliphatic rings. The maximum Gasteiger partial charge on any atom is 0.418 e. The summed E-state index contributed by atoms with van der Waals surface area (Å²) in [5.41, 5.74) is 0.596. The Balaban J connectivity index is 1.59. The van der Waals surface area contributed by atoms with Crippen molar-refractivity contribution < 1.29 is 32.2 Å². The molecular formula is C21H22F3N3O4. The molecule has 1 aliphatic heterocycles. The van der Waals surface area contributed by atoms with Crippen molar-refractivity contribution in [3.05, 3.63) is 53.1 Å². The Morgan fingerprint density at radius 1 is 1.06 bits per heavy atom. The van der Waals surface area contributed by atoms with Crippen molar-refractivity contribution in [1.82, 2.24) is 10.2 Å². The van der Waals surface area contributed by atoms with Gasteiger partial charge in [-0.1, -0.05) is 12.1 Å². The van der Waals surface area contributed by atoms with Gasteiger partial charge in [-0.15, -0.1) is 0 Å². The normalized spacial score (nSPS) is 13.3. The fraction of sp³-hybridized carbons (Fsp3) is 0.333. The zero-order chi connectivity index (χ0) is 22.6. The number of hydrogen-bond acceptors (Lipinski definition) is 4. The highest BCUT2D eigenvalue weighted by atomic mass is 19.4. The Labute approximate surface area is 177 Å². The molecule has 31 heavy (non-hydrogen) atoms. The van der Waals surface area contributed by atoms with Crippen LogP contribution in [-0.4, -0.2) is 44.1 Å². The van der Waals surface area contributed by atoms with Gasteiger partial charge in [0.1, 0.15) is 0 Å². The van der Waals surface area contributed by atoms with Crippen molar-refractivity contribution in [1.29, 1.82) is 0 Å². The fourth-order valence-electron chi connectivity index (χ4n) is 3.37. The van der Waals surface area contributed by atoms with E-state index in [1.165, 1.54) is 19.2 Å². The molecule has 2 aromatic rings. The predicted molar refractivity (Wildman–Crippen MR) is 107 cm³/mol. The van der Waals surface area contributed by atoms with Gasteiger partial charge in [0.05, 0.1) is 32.0 Å². The van der Waals surface area contributed by atoms with Crippen LogP contribution in [-0.2, 0) is 23.9 Å². The summed E-state index contributed by atoms with van der Waals surface area (Å²) in [5.74, 6) is 0.814. The second-order valence-corrected chi connectivity index (χ2v) is 6.89. The highest BCUT2D eigenvalue weighted by molar-refractivity contribution is 5.93. The number of urea groups is 1. The monoisotopic (exact) mass is 437 g/mol. The molecule has 0 unspecified atom stereocenters. The minimum Gasteiger partial charge on any atom is -0.493 e. The van der Waals surface area contributed by atoms with Crippen LogP contribution >= 0.6 is 0 Å². The summed E-state index contributed by atoms with van der Waals surface area (Å²) in [7, 11) is 3.07. The number of methoxy groups -OCH3 is 2. The van der Waals surface area contributed by atoms with Crippen LogP contribution in [0.15, 0.2) is 36.4 Å². The van der Waals surface area contributed by atoms with Crippen LogP contribution < -0.4 is 20.1 Å². The predicted octanol–water partition coefficient (Wildman–Crippen LogP) is 3.43. The largest absolute Gasteiger partial charge is 0.493 e. The molecular weight excluding hydrogens is 415 g/mol. The van der Waals surface area contributed by atoms with Crippen molar-refractivity contribution >= 4 is 17.6 Å². The molecule has 3 rings (SSSR count). The molecule has 0 aliphatic carbocycles.